The normalized spacial score (nSPS) is 11.1. The molecule has 1 amide bonds. The lowest BCUT2D eigenvalue weighted by molar-refractivity contribution is -0.153. The Morgan fingerprint density at radius 1 is 1.43 bits per heavy atom. The van der Waals surface area contributed by atoms with E-state index in [1.165, 1.54) is 13.8 Å². The zero-order valence-corrected chi connectivity index (χ0v) is 8.79. The lowest BCUT2D eigenvalue weighted by atomic mass is 9.93. The van der Waals surface area contributed by atoms with Gasteiger partial charge in [-0.05, 0) is 20.8 Å². The first-order valence-corrected chi connectivity index (χ1v) is 4.52. The van der Waals surface area contributed by atoms with E-state index in [0.29, 0.717) is 19.8 Å². The Hall–Kier alpha value is -1.10. The fourth-order valence-electron chi connectivity index (χ4n) is 0.699. The fraction of sp³-hybridized carbons (Fsp3) is 0.778. The molecule has 0 saturated carbocycles. The van der Waals surface area contributed by atoms with Gasteiger partial charge in [-0.3, -0.25) is 9.59 Å². The Bertz CT molecular complexity index is 213. The molecule has 5 nitrogen and oxygen atoms in total. The van der Waals surface area contributed by atoms with E-state index < -0.39 is 17.3 Å². The highest BCUT2D eigenvalue weighted by Crippen LogP contribution is 2.14. The van der Waals surface area contributed by atoms with Crippen molar-refractivity contribution in [3.63, 3.8) is 0 Å². The summed E-state index contributed by atoms with van der Waals surface area (Å²) in [5.41, 5.74) is -1.38. The molecule has 0 heterocycles. The summed E-state index contributed by atoms with van der Waals surface area (Å²) in [6.07, 6.45) is 0. The topological polar surface area (TPSA) is 75.6 Å². The maximum atomic E-state index is 11.3. The summed E-state index contributed by atoms with van der Waals surface area (Å²) in [4.78, 5) is 22.0. The summed E-state index contributed by atoms with van der Waals surface area (Å²) in [6.45, 7) is 5.90. The number of rotatable bonds is 6. The smallest absolute Gasteiger partial charge is 0.318 e. The van der Waals surface area contributed by atoms with Crippen molar-refractivity contribution in [1.29, 1.82) is 0 Å². The number of amides is 1. The van der Waals surface area contributed by atoms with Gasteiger partial charge in [0.15, 0.2) is 0 Å². The quantitative estimate of drug-likeness (QED) is 0.479. The molecule has 0 atom stereocenters. The largest absolute Gasteiger partial charge is 0.480 e. The molecule has 0 fully saturated rings. The van der Waals surface area contributed by atoms with Crippen LogP contribution in [0.4, 0.5) is 0 Å². The van der Waals surface area contributed by atoms with Crippen molar-refractivity contribution in [3.8, 4) is 0 Å². The third-order valence-corrected chi connectivity index (χ3v) is 1.84. The average Bonchev–Trinajstić information content (AvgIpc) is 2.11. The van der Waals surface area contributed by atoms with E-state index >= 15 is 0 Å². The van der Waals surface area contributed by atoms with Crippen LogP contribution in [0.15, 0.2) is 0 Å². The Morgan fingerprint density at radius 2 is 2.00 bits per heavy atom. The highest BCUT2D eigenvalue weighted by molar-refractivity contribution is 6.00. The monoisotopic (exact) mass is 203 g/mol. The van der Waals surface area contributed by atoms with Crippen molar-refractivity contribution in [2.24, 2.45) is 5.41 Å². The Labute approximate surface area is 83.4 Å². The maximum Gasteiger partial charge on any atom is 0.318 e. The zero-order valence-electron chi connectivity index (χ0n) is 8.79. The lowest BCUT2D eigenvalue weighted by Gasteiger charge is -2.18. The van der Waals surface area contributed by atoms with E-state index in [0.717, 1.165) is 0 Å². The van der Waals surface area contributed by atoms with Gasteiger partial charge in [0, 0.05) is 13.2 Å². The first kappa shape index (κ1) is 12.9. The van der Waals surface area contributed by atoms with Crippen molar-refractivity contribution in [2.45, 2.75) is 20.8 Å². The number of hydrogen-bond donors (Lipinski definition) is 2. The third kappa shape index (κ3) is 3.74. The molecular formula is C9H17NO4. The van der Waals surface area contributed by atoms with Crippen molar-refractivity contribution < 1.29 is 19.4 Å². The summed E-state index contributed by atoms with van der Waals surface area (Å²) < 4.78 is 4.99. The first-order valence-electron chi connectivity index (χ1n) is 4.52. The first-order chi connectivity index (χ1) is 6.42. The average molecular weight is 203 g/mol. The van der Waals surface area contributed by atoms with Gasteiger partial charge in [0.05, 0.1) is 6.61 Å². The highest BCUT2D eigenvalue weighted by Gasteiger charge is 2.35. The van der Waals surface area contributed by atoms with E-state index in [1.54, 1.807) is 0 Å². The lowest BCUT2D eigenvalue weighted by Crippen LogP contribution is -2.43. The van der Waals surface area contributed by atoms with Crippen LogP contribution in [0.3, 0.4) is 0 Å². The number of ether oxygens (including phenoxy) is 1. The number of carbonyl (C=O) groups excluding carboxylic acids is 1. The van der Waals surface area contributed by atoms with E-state index in [1.807, 2.05) is 6.92 Å². The number of aliphatic carboxylic acids is 1. The molecule has 0 aromatic carbocycles. The minimum atomic E-state index is -1.38. The second kappa shape index (κ2) is 5.59. The van der Waals surface area contributed by atoms with Crippen molar-refractivity contribution >= 4 is 11.9 Å². The van der Waals surface area contributed by atoms with Gasteiger partial charge in [0.2, 0.25) is 5.91 Å². The molecule has 0 aliphatic heterocycles. The van der Waals surface area contributed by atoms with Gasteiger partial charge >= 0.3 is 5.97 Å². The van der Waals surface area contributed by atoms with Gasteiger partial charge in [0.1, 0.15) is 5.41 Å². The van der Waals surface area contributed by atoms with Gasteiger partial charge in [0.25, 0.3) is 0 Å². The molecule has 0 radical (unpaired) electrons. The molecule has 0 aliphatic carbocycles. The summed E-state index contributed by atoms with van der Waals surface area (Å²) >= 11 is 0. The molecule has 0 spiro atoms. The van der Waals surface area contributed by atoms with E-state index in [9.17, 15) is 9.59 Å². The Balaban J connectivity index is 3.90. The van der Waals surface area contributed by atoms with E-state index in [2.05, 4.69) is 5.32 Å². The maximum absolute atomic E-state index is 11.3. The zero-order chi connectivity index (χ0) is 11.2. The molecule has 2 N–H and O–H groups in total. The summed E-state index contributed by atoms with van der Waals surface area (Å²) in [6, 6.07) is 0. The van der Waals surface area contributed by atoms with Crippen LogP contribution in [0.2, 0.25) is 0 Å². The van der Waals surface area contributed by atoms with Gasteiger partial charge < -0.3 is 15.2 Å². The summed E-state index contributed by atoms with van der Waals surface area (Å²) in [5, 5.41) is 11.2. The van der Waals surface area contributed by atoms with Crippen molar-refractivity contribution in [3.05, 3.63) is 0 Å². The number of carboxylic acid groups (broad SMARTS) is 1. The molecule has 0 bridgehead atoms. The molecule has 0 aliphatic rings. The number of carboxylic acids is 1. The molecule has 0 aromatic rings. The van der Waals surface area contributed by atoms with Gasteiger partial charge in [-0.1, -0.05) is 0 Å². The van der Waals surface area contributed by atoms with Crippen molar-refractivity contribution in [1.82, 2.24) is 5.32 Å². The van der Waals surface area contributed by atoms with Crippen LogP contribution in [0.5, 0.6) is 0 Å². The molecule has 0 rings (SSSR count). The predicted molar refractivity (Wildman–Crippen MR) is 50.9 cm³/mol. The van der Waals surface area contributed by atoms with Crippen LogP contribution in [0, 0.1) is 5.41 Å². The summed E-state index contributed by atoms with van der Waals surface area (Å²) in [5.74, 6) is -1.63. The van der Waals surface area contributed by atoms with Crippen molar-refractivity contribution in [2.75, 3.05) is 19.8 Å². The standard InChI is InChI=1S/C9H17NO4/c1-4-14-6-5-10-7(11)9(2,3)8(12)13/h4-6H2,1-3H3,(H,10,11)(H,12,13). The highest BCUT2D eigenvalue weighted by atomic mass is 16.5. The SMILES string of the molecule is CCOCCNC(=O)C(C)(C)C(=O)O. The van der Waals surface area contributed by atoms with Crippen LogP contribution >= 0.6 is 0 Å². The molecule has 0 aromatic heterocycles. The number of nitrogens with one attached hydrogen (secondary N) is 1. The molecule has 0 saturated heterocycles. The molecule has 5 heteroatoms. The Morgan fingerprint density at radius 3 is 2.43 bits per heavy atom. The number of hydrogen-bond acceptors (Lipinski definition) is 3. The van der Waals surface area contributed by atoms with Crippen LogP contribution in [0.1, 0.15) is 20.8 Å². The molecule has 14 heavy (non-hydrogen) atoms. The van der Waals surface area contributed by atoms with Gasteiger partial charge in [-0.15, -0.1) is 0 Å². The minimum absolute atomic E-state index is 0.337. The fourth-order valence-corrected chi connectivity index (χ4v) is 0.699. The molecule has 0 unspecified atom stereocenters. The third-order valence-electron chi connectivity index (χ3n) is 1.84. The van der Waals surface area contributed by atoms with E-state index in [-0.39, 0.29) is 0 Å². The number of carbonyl (C=O) groups is 2. The van der Waals surface area contributed by atoms with Gasteiger partial charge in [-0.25, -0.2) is 0 Å². The summed E-state index contributed by atoms with van der Waals surface area (Å²) in [7, 11) is 0. The van der Waals surface area contributed by atoms with Crippen LogP contribution < -0.4 is 5.32 Å². The predicted octanol–water partition coefficient (Wildman–Crippen LogP) is 0.250. The molecular weight excluding hydrogens is 186 g/mol. The van der Waals surface area contributed by atoms with Crippen LogP contribution in [-0.4, -0.2) is 36.7 Å². The molecule has 82 valence electrons. The van der Waals surface area contributed by atoms with Gasteiger partial charge in [-0.2, -0.15) is 0 Å². The van der Waals surface area contributed by atoms with Crippen LogP contribution in [0.25, 0.3) is 0 Å². The Kier molecular flexibility index (Phi) is 5.15. The second-order valence-corrected chi connectivity index (χ2v) is 3.38. The van der Waals surface area contributed by atoms with E-state index in [4.69, 9.17) is 9.84 Å². The van der Waals surface area contributed by atoms with Crippen LogP contribution in [-0.2, 0) is 14.3 Å². The second-order valence-electron chi connectivity index (χ2n) is 3.38. The minimum Gasteiger partial charge on any atom is -0.480 e.